The van der Waals surface area contributed by atoms with E-state index in [0.717, 1.165) is 47.8 Å². The molecular formula is C20H25NO4. The van der Waals surface area contributed by atoms with E-state index in [4.69, 9.17) is 9.15 Å². The lowest BCUT2D eigenvalue weighted by molar-refractivity contribution is -0.132. The fraction of sp³-hybridized carbons (Fsp3) is 0.500. The van der Waals surface area contributed by atoms with Gasteiger partial charge in [-0.25, -0.2) is 4.79 Å². The zero-order chi connectivity index (χ0) is 18.0. The number of carbonyl (C=O) groups is 1. The normalized spacial score (nSPS) is 13.6. The molecule has 2 aromatic rings. The van der Waals surface area contributed by atoms with Gasteiger partial charge in [-0.2, -0.15) is 0 Å². The highest BCUT2D eigenvalue weighted by atomic mass is 16.5. The highest BCUT2D eigenvalue weighted by Crippen LogP contribution is 2.32. The van der Waals surface area contributed by atoms with Crippen LogP contribution in [0.2, 0.25) is 0 Å². The average molecular weight is 343 g/mol. The summed E-state index contributed by atoms with van der Waals surface area (Å²) in [5.74, 6) is 0.545. The Balaban J connectivity index is 1.93. The molecule has 0 atom stereocenters. The van der Waals surface area contributed by atoms with Crippen molar-refractivity contribution in [1.29, 1.82) is 0 Å². The van der Waals surface area contributed by atoms with Crippen molar-refractivity contribution in [2.75, 3.05) is 19.7 Å². The number of benzene rings is 1. The number of hydrogen-bond donors (Lipinski definition) is 0. The van der Waals surface area contributed by atoms with Crippen LogP contribution in [0.3, 0.4) is 0 Å². The number of nitrogens with zero attached hydrogens (tertiary/aromatic N) is 1. The third-order valence-electron chi connectivity index (χ3n) is 5.06. The first-order valence-electron chi connectivity index (χ1n) is 9.05. The molecule has 25 heavy (non-hydrogen) atoms. The Morgan fingerprint density at radius 3 is 2.52 bits per heavy atom. The summed E-state index contributed by atoms with van der Waals surface area (Å²) in [6.45, 7) is 7.08. The van der Waals surface area contributed by atoms with E-state index in [-0.39, 0.29) is 18.1 Å². The first kappa shape index (κ1) is 17.5. The second kappa shape index (κ2) is 7.30. The molecule has 1 aromatic carbocycles. The summed E-state index contributed by atoms with van der Waals surface area (Å²) >= 11 is 0. The summed E-state index contributed by atoms with van der Waals surface area (Å²) in [7, 11) is 0. The molecule has 0 unspecified atom stereocenters. The minimum atomic E-state index is -0.235. The van der Waals surface area contributed by atoms with Crippen molar-refractivity contribution >= 4 is 16.9 Å². The predicted octanol–water partition coefficient (Wildman–Crippen LogP) is 3.23. The zero-order valence-electron chi connectivity index (χ0n) is 15.2. The van der Waals surface area contributed by atoms with Crippen LogP contribution in [-0.2, 0) is 17.6 Å². The molecular weight excluding hydrogens is 318 g/mol. The van der Waals surface area contributed by atoms with Gasteiger partial charge in [-0.3, -0.25) is 4.79 Å². The molecule has 0 spiro atoms. The third-order valence-corrected chi connectivity index (χ3v) is 5.06. The maximum absolute atomic E-state index is 12.3. The number of rotatable bonds is 5. The van der Waals surface area contributed by atoms with Gasteiger partial charge >= 0.3 is 5.63 Å². The van der Waals surface area contributed by atoms with E-state index < -0.39 is 0 Å². The Morgan fingerprint density at radius 2 is 1.84 bits per heavy atom. The van der Waals surface area contributed by atoms with E-state index in [1.165, 1.54) is 0 Å². The van der Waals surface area contributed by atoms with Crippen LogP contribution < -0.4 is 10.4 Å². The molecule has 1 aromatic heterocycles. The van der Waals surface area contributed by atoms with Gasteiger partial charge < -0.3 is 14.1 Å². The molecule has 0 aliphatic heterocycles. The fourth-order valence-corrected chi connectivity index (χ4v) is 3.59. The molecule has 1 aliphatic rings. The van der Waals surface area contributed by atoms with Gasteiger partial charge in [-0.1, -0.05) is 0 Å². The van der Waals surface area contributed by atoms with Crippen molar-refractivity contribution < 1.29 is 13.9 Å². The molecule has 0 fully saturated rings. The highest BCUT2D eigenvalue weighted by Gasteiger charge is 2.20. The van der Waals surface area contributed by atoms with Gasteiger partial charge in [0.2, 0.25) is 0 Å². The summed E-state index contributed by atoms with van der Waals surface area (Å²) in [4.78, 5) is 26.2. The van der Waals surface area contributed by atoms with Gasteiger partial charge in [0.05, 0.1) is 0 Å². The van der Waals surface area contributed by atoms with Crippen LogP contribution in [0.15, 0.2) is 21.3 Å². The number of hydrogen-bond acceptors (Lipinski definition) is 4. The second-order valence-electron chi connectivity index (χ2n) is 6.47. The molecule has 3 rings (SSSR count). The molecule has 0 saturated carbocycles. The second-order valence-corrected chi connectivity index (χ2v) is 6.47. The Bertz CT molecular complexity index is 849. The molecule has 0 bridgehead atoms. The number of likely N-dealkylation sites (N-methyl/N-ethyl adjacent to an activating group) is 1. The zero-order valence-corrected chi connectivity index (χ0v) is 15.2. The predicted molar refractivity (Wildman–Crippen MR) is 97.3 cm³/mol. The van der Waals surface area contributed by atoms with Crippen molar-refractivity contribution in [2.24, 2.45) is 0 Å². The summed E-state index contributed by atoms with van der Waals surface area (Å²) in [5, 5.41) is 0.995. The molecule has 0 radical (unpaired) electrons. The summed E-state index contributed by atoms with van der Waals surface area (Å²) in [5.41, 5.74) is 3.06. The number of ether oxygens (including phenoxy) is 1. The van der Waals surface area contributed by atoms with Crippen molar-refractivity contribution in [1.82, 2.24) is 4.90 Å². The largest absolute Gasteiger partial charge is 0.483 e. The number of fused-ring (bicyclic) bond motifs is 3. The number of carbonyl (C=O) groups excluding carboxylic acids is 1. The molecule has 1 amide bonds. The van der Waals surface area contributed by atoms with Crippen LogP contribution in [0.1, 0.15) is 43.4 Å². The van der Waals surface area contributed by atoms with Crippen LogP contribution in [0.4, 0.5) is 0 Å². The van der Waals surface area contributed by atoms with Crippen LogP contribution in [0.5, 0.6) is 5.75 Å². The maximum atomic E-state index is 12.3. The van der Waals surface area contributed by atoms with Gasteiger partial charge in [0.15, 0.2) is 6.61 Å². The molecule has 5 nitrogen and oxygen atoms in total. The van der Waals surface area contributed by atoms with E-state index in [1.807, 2.05) is 32.9 Å². The van der Waals surface area contributed by atoms with Crippen LogP contribution in [-0.4, -0.2) is 30.5 Å². The average Bonchev–Trinajstić information content (AvgIpc) is 2.63. The molecule has 134 valence electrons. The summed E-state index contributed by atoms with van der Waals surface area (Å²) in [6.07, 6.45) is 3.85. The lowest BCUT2D eigenvalue weighted by atomic mass is 9.90. The standard InChI is InChI=1S/C20H25NO4/c1-4-21(5-2)18(22)12-24-17-11-10-15-14-8-6-7-9-16(14)20(23)25-19(15)13(17)3/h10-11H,4-9,12H2,1-3H3. The van der Waals surface area contributed by atoms with Crippen LogP contribution in [0.25, 0.3) is 11.0 Å². The van der Waals surface area contributed by atoms with E-state index in [9.17, 15) is 9.59 Å². The molecule has 0 N–H and O–H groups in total. The third kappa shape index (κ3) is 3.28. The van der Waals surface area contributed by atoms with E-state index in [0.29, 0.717) is 24.4 Å². The lowest BCUT2D eigenvalue weighted by Crippen LogP contribution is -2.34. The fourth-order valence-electron chi connectivity index (χ4n) is 3.59. The lowest BCUT2D eigenvalue weighted by Gasteiger charge is -2.20. The van der Waals surface area contributed by atoms with Crippen molar-refractivity contribution in [3.05, 3.63) is 39.2 Å². The topological polar surface area (TPSA) is 59.8 Å². The Labute approximate surface area is 147 Å². The van der Waals surface area contributed by atoms with E-state index >= 15 is 0 Å². The molecule has 1 aliphatic carbocycles. The number of amides is 1. The first-order chi connectivity index (χ1) is 12.1. The minimum Gasteiger partial charge on any atom is -0.483 e. The molecule has 5 heteroatoms. The maximum Gasteiger partial charge on any atom is 0.339 e. The van der Waals surface area contributed by atoms with E-state index in [1.54, 1.807) is 4.90 Å². The monoisotopic (exact) mass is 343 g/mol. The SMILES string of the molecule is CCN(CC)C(=O)COc1ccc2c3c(c(=O)oc2c1C)CCCC3. The van der Waals surface area contributed by atoms with E-state index in [2.05, 4.69) is 0 Å². The minimum absolute atomic E-state index is 0.0107. The van der Waals surface area contributed by atoms with Crippen molar-refractivity contribution in [3.63, 3.8) is 0 Å². The van der Waals surface area contributed by atoms with Crippen molar-refractivity contribution in [3.8, 4) is 5.75 Å². The first-order valence-corrected chi connectivity index (χ1v) is 9.05. The molecule has 1 heterocycles. The summed E-state index contributed by atoms with van der Waals surface area (Å²) in [6, 6.07) is 3.83. The van der Waals surface area contributed by atoms with Gasteiger partial charge in [-0.05, 0) is 64.2 Å². The van der Waals surface area contributed by atoms with Crippen LogP contribution in [0, 0.1) is 6.92 Å². The molecule has 0 saturated heterocycles. The Morgan fingerprint density at radius 1 is 1.16 bits per heavy atom. The van der Waals surface area contributed by atoms with Crippen LogP contribution >= 0.6 is 0 Å². The highest BCUT2D eigenvalue weighted by molar-refractivity contribution is 5.86. The Hall–Kier alpha value is -2.30. The van der Waals surface area contributed by atoms with Gasteiger partial charge in [0.25, 0.3) is 5.91 Å². The Kier molecular flexibility index (Phi) is 5.11. The van der Waals surface area contributed by atoms with Gasteiger partial charge in [-0.15, -0.1) is 0 Å². The smallest absolute Gasteiger partial charge is 0.339 e. The van der Waals surface area contributed by atoms with Gasteiger partial charge in [0.1, 0.15) is 11.3 Å². The van der Waals surface area contributed by atoms with Gasteiger partial charge in [0, 0.05) is 29.6 Å². The number of aryl methyl sites for hydroxylation is 2. The van der Waals surface area contributed by atoms with Crippen molar-refractivity contribution in [2.45, 2.75) is 46.5 Å². The quantitative estimate of drug-likeness (QED) is 0.782. The summed E-state index contributed by atoms with van der Waals surface area (Å²) < 4.78 is 11.3.